The molecule has 0 spiro atoms. The summed E-state index contributed by atoms with van der Waals surface area (Å²) < 4.78 is 17.0. The van der Waals surface area contributed by atoms with Crippen molar-refractivity contribution >= 4 is 17.9 Å². The first-order valence-corrected chi connectivity index (χ1v) is 35.2. The zero-order chi connectivity index (χ0) is 59.2. The number of hydrogen-bond acceptors (Lipinski definition) is 6. The average Bonchev–Trinajstić information content (AvgIpc) is 3.47. The Kier molecular flexibility index (Phi) is 66.7. The molecule has 0 aromatic carbocycles. The lowest BCUT2D eigenvalue weighted by Gasteiger charge is -2.18. The van der Waals surface area contributed by atoms with E-state index in [0.29, 0.717) is 19.3 Å². The highest BCUT2D eigenvalue weighted by Crippen LogP contribution is 2.17. The average molecular weight is 1140 g/mol. The van der Waals surface area contributed by atoms with Crippen LogP contribution < -0.4 is 0 Å². The van der Waals surface area contributed by atoms with Crippen molar-refractivity contribution in [1.82, 2.24) is 0 Å². The lowest BCUT2D eigenvalue weighted by molar-refractivity contribution is -0.167. The molecule has 82 heavy (non-hydrogen) atoms. The molecule has 0 radical (unpaired) electrons. The maximum absolute atomic E-state index is 12.9. The van der Waals surface area contributed by atoms with Crippen LogP contribution in [0.1, 0.15) is 348 Å². The number of esters is 3. The van der Waals surface area contributed by atoms with E-state index in [1.807, 2.05) is 0 Å². The van der Waals surface area contributed by atoms with E-state index in [4.69, 9.17) is 14.2 Å². The topological polar surface area (TPSA) is 78.9 Å². The Morgan fingerprint density at radius 1 is 0.256 bits per heavy atom. The Hall–Kier alpha value is -3.67. The Morgan fingerprint density at radius 2 is 0.476 bits per heavy atom. The highest BCUT2D eigenvalue weighted by atomic mass is 16.6. The van der Waals surface area contributed by atoms with E-state index in [2.05, 4.69) is 118 Å². The summed E-state index contributed by atoms with van der Waals surface area (Å²) in [6.45, 7) is 6.53. The SMILES string of the molecule is CC/C=C\C/C=C\C/C=C\C/C=C\C/C=C\C/C=C\CCCCCCCCCCCCCCCCC(=O)OCC(COC(=O)CCCCCCCCCCCCCC)OC(=O)CCCCCCCCCCC/C=C\C/C=C\CCCCC. The molecule has 0 saturated carbocycles. The van der Waals surface area contributed by atoms with E-state index in [1.54, 1.807) is 0 Å². The van der Waals surface area contributed by atoms with E-state index >= 15 is 0 Å². The van der Waals surface area contributed by atoms with Gasteiger partial charge in [0.15, 0.2) is 6.10 Å². The first-order valence-electron chi connectivity index (χ1n) is 35.2. The second kappa shape index (κ2) is 69.8. The van der Waals surface area contributed by atoms with Crippen molar-refractivity contribution in [3.8, 4) is 0 Å². The standard InChI is InChI=1S/C76H132O6/c1-4-7-10-13-16-19-22-25-27-29-31-32-33-34-35-36-37-38-39-40-41-42-43-44-46-47-49-51-54-57-60-63-66-69-75(78)81-72-73(71-80-74(77)68-65-62-59-56-53-24-21-18-15-12-9-6-3)82-76(79)70-67-64-61-58-55-52-50-48-45-30-28-26-23-20-17-14-11-8-5-2/h7,10,16-17,19-20,25-28,31-32,34-35,37-38,73H,4-6,8-9,11-15,18,21-24,29-30,33,36,39-72H2,1-3H3/b10-7-,19-16-,20-17-,27-25-,28-26-,32-31-,35-34-,38-37-. The van der Waals surface area contributed by atoms with Gasteiger partial charge in [0.25, 0.3) is 0 Å². The summed E-state index contributed by atoms with van der Waals surface area (Å²) >= 11 is 0. The minimum absolute atomic E-state index is 0.0742. The number of allylic oxidation sites excluding steroid dienone is 16. The third kappa shape index (κ3) is 67.1. The van der Waals surface area contributed by atoms with Gasteiger partial charge in [-0.2, -0.15) is 0 Å². The summed E-state index contributed by atoms with van der Waals surface area (Å²) in [4.78, 5) is 38.4. The molecule has 0 rings (SSSR count). The van der Waals surface area contributed by atoms with Crippen molar-refractivity contribution in [3.05, 3.63) is 97.2 Å². The molecule has 472 valence electrons. The summed E-state index contributed by atoms with van der Waals surface area (Å²) in [6, 6.07) is 0. The molecule has 0 aliphatic rings. The molecule has 0 aliphatic heterocycles. The Labute approximate surface area is 508 Å². The van der Waals surface area contributed by atoms with Crippen LogP contribution in [0.3, 0.4) is 0 Å². The molecule has 0 amide bonds. The first-order chi connectivity index (χ1) is 40.5. The molecular weight excluding hydrogens is 1010 g/mol. The van der Waals surface area contributed by atoms with Gasteiger partial charge in [-0.1, -0.05) is 323 Å². The smallest absolute Gasteiger partial charge is 0.306 e. The third-order valence-corrected chi connectivity index (χ3v) is 15.3. The summed E-state index contributed by atoms with van der Waals surface area (Å²) in [5, 5.41) is 0. The second-order valence-electron chi connectivity index (χ2n) is 23.4. The largest absolute Gasteiger partial charge is 0.462 e. The summed E-state index contributed by atoms with van der Waals surface area (Å²) in [5.41, 5.74) is 0. The van der Waals surface area contributed by atoms with Crippen LogP contribution in [0.25, 0.3) is 0 Å². The van der Waals surface area contributed by atoms with Gasteiger partial charge in [0, 0.05) is 19.3 Å². The van der Waals surface area contributed by atoms with E-state index in [9.17, 15) is 14.4 Å². The summed E-state index contributed by atoms with van der Waals surface area (Å²) in [7, 11) is 0. The van der Waals surface area contributed by atoms with Gasteiger partial charge in [-0.3, -0.25) is 14.4 Å². The second-order valence-corrected chi connectivity index (χ2v) is 23.4. The van der Waals surface area contributed by atoms with E-state index in [0.717, 1.165) is 103 Å². The van der Waals surface area contributed by atoms with Crippen molar-refractivity contribution in [2.75, 3.05) is 13.2 Å². The van der Waals surface area contributed by atoms with Crippen molar-refractivity contribution in [1.29, 1.82) is 0 Å². The van der Waals surface area contributed by atoms with Gasteiger partial charge in [-0.25, -0.2) is 0 Å². The molecular formula is C76H132O6. The maximum atomic E-state index is 12.9. The lowest BCUT2D eigenvalue weighted by Crippen LogP contribution is -2.30. The molecule has 0 saturated heterocycles. The van der Waals surface area contributed by atoms with Crippen LogP contribution in [0.2, 0.25) is 0 Å². The van der Waals surface area contributed by atoms with Crippen LogP contribution >= 0.6 is 0 Å². The number of carbonyl (C=O) groups is 3. The monoisotopic (exact) mass is 1140 g/mol. The van der Waals surface area contributed by atoms with Gasteiger partial charge in [-0.05, 0) is 103 Å². The van der Waals surface area contributed by atoms with Gasteiger partial charge in [0.05, 0.1) is 0 Å². The van der Waals surface area contributed by atoms with Crippen LogP contribution in [0.4, 0.5) is 0 Å². The number of rotatable bonds is 64. The number of ether oxygens (including phenoxy) is 3. The fraction of sp³-hybridized carbons (Fsp3) is 0.750. The van der Waals surface area contributed by atoms with Crippen LogP contribution in [-0.4, -0.2) is 37.2 Å². The maximum Gasteiger partial charge on any atom is 0.306 e. The van der Waals surface area contributed by atoms with Gasteiger partial charge >= 0.3 is 17.9 Å². The molecule has 0 bridgehead atoms. The molecule has 1 atom stereocenters. The molecule has 0 heterocycles. The van der Waals surface area contributed by atoms with Gasteiger partial charge in [0.2, 0.25) is 0 Å². The third-order valence-electron chi connectivity index (χ3n) is 15.3. The highest BCUT2D eigenvalue weighted by Gasteiger charge is 2.19. The predicted octanol–water partition coefficient (Wildman–Crippen LogP) is 24.4. The normalized spacial score (nSPS) is 12.7. The molecule has 0 N–H and O–H groups in total. The number of carbonyl (C=O) groups excluding carboxylic acids is 3. The van der Waals surface area contributed by atoms with Crippen LogP contribution in [0, 0.1) is 0 Å². The minimum atomic E-state index is -0.778. The molecule has 0 aromatic rings. The van der Waals surface area contributed by atoms with Crippen molar-refractivity contribution in [3.63, 3.8) is 0 Å². The molecule has 0 aliphatic carbocycles. The van der Waals surface area contributed by atoms with E-state index in [1.165, 1.54) is 205 Å². The van der Waals surface area contributed by atoms with Gasteiger partial charge < -0.3 is 14.2 Å². The highest BCUT2D eigenvalue weighted by molar-refractivity contribution is 5.71. The molecule has 0 fully saturated rings. The number of hydrogen-bond donors (Lipinski definition) is 0. The zero-order valence-electron chi connectivity index (χ0n) is 54.2. The fourth-order valence-electron chi connectivity index (χ4n) is 10.1. The molecule has 0 aromatic heterocycles. The van der Waals surface area contributed by atoms with Crippen molar-refractivity contribution in [2.45, 2.75) is 354 Å². The van der Waals surface area contributed by atoms with E-state index in [-0.39, 0.29) is 31.1 Å². The van der Waals surface area contributed by atoms with Crippen molar-refractivity contribution < 1.29 is 28.6 Å². The van der Waals surface area contributed by atoms with Crippen LogP contribution in [0.5, 0.6) is 0 Å². The van der Waals surface area contributed by atoms with Crippen molar-refractivity contribution in [2.24, 2.45) is 0 Å². The first kappa shape index (κ1) is 78.3. The lowest BCUT2D eigenvalue weighted by atomic mass is 10.0. The Bertz CT molecular complexity index is 1590. The minimum Gasteiger partial charge on any atom is -0.462 e. The van der Waals surface area contributed by atoms with Gasteiger partial charge in [-0.15, -0.1) is 0 Å². The summed E-state index contributed by atoms with van der Waals surface area (Å²) in [6.07, 6.45) is 94.3. The van der Waals surface area contributed by atoms with Crippen LogP contribution in [0.15, 0.2) is 97.2 Å². The van der Waals surface area contributed by atoms with Crippen LogP contribution in [-0.2, 0) is 28.6 Å². The van der Waals surface area contributed by atoms with E-state index < -0.39 is 6.10 Å². The summed E-state index contributed by atoms with van der Waals surface area (Å²) in [5.74, 6) is -0.862. The van der Waals surface area contributed by atoms with Gasteiger partial charge in [0.1, 0.15) is 13.2 Å². The molecule has 6 nitrogen and oxygen atoms in total. The Morgan fingerprint density at radius 3 is 0.768 bits per heavy atom. The molecule has 6 heteroatoms. The fourth-order valence-corrected chi connectivity index (χ4v) is 10.1. The molecule has 1 unspecified atom stereocenters. The Balaban J connectivity index is 4.19. The quantitative estimate of drug-likeness (QED) is 0.0261. The zero-order valence-corrected chi connectivity index (χ0v) is 54.2. The number of unbranched alkanes of at least 4 members (excludes halogenated alkanes) is 37. The predicted molar refractivity (Wildman–Crippen MR) is 357 cm³/mol.